The van der Waals surface area contributed by atoms with Crippen LogP contribution in [-0.2, 0) is 4.79 Å². The lowest BCUT2D eigenvalue weighted by Gasteiger charge is -2.34. The molecule has 5 nitrogen and oxygen atoms in total. The van der Waals surface area contributed by atoms with Crippen LogP contribution >= 0.6 is 11.3 Å². The van der Waals surface area contributed by atoms with E-state index in [4.69, 9.17) is 4.98 Å². The van der Waals surface area contributed by atoms with Gasteiger partial charge in [0.1, 0.15) is 5.69 Å². The number of nitrogens with zero attached hydrogens (tertiary/aromatic N) is 2. The van der Waals surface area contributed by atoms with Gasteiger partial charge in [-0.25, -0.2) is 4.98 Å². The van der Waals surface area contributed by atoms with E-state index in [-0.39, 0.29) is 17.7 Å². The van der Waals surface area contributed by atoms with Gasteiger partial charge in [0, 0.05) is 42.8 Å². The van der Waals surface area contributed by atoms with E-state index in [9.17, 15) is 9.59 Å². The zero-order valence-electron chi connectivity index (χ0n) is 21.5. The Morgan fingerprint density at radius 2 is 1.51 bits per heavy atom. The fourth-order valence-electron chi connectivity index (χ4n) is 5.85. The fourth-order valence-corrected chi connectivity index (χ4v) is 6.82. The van der Waals surface area contributed by atoms with Crippen LogP contribution in [0.5, 0.6) is 0 Å². The molecule has 3 aromatic rings. The molecule has 1 aliphatic heterocycles. The first-order chi connectivity index (χ1) is 18.2. The highest BCUT2D eigenvalue weighted by molar-refractivity contribution is 7.09. The molecule has 5 rings (SSSR count). The maximum atomic E-state index is 12.9. The number of rotatable bonds is 8. The van der Waals surface area contributed by atoms with Crippen molar-refractivity contribution >= 4 is 23.2 Å². The number of piperidine rings is 1. The van der Waals surface area contributed by atoms with Gasteiger partial charge in [0.25, 0.3) is 5.91 Å². The molecule has 0 spiro atoms. The van der Waals surface area contributed by atoms with Crippen molar-refractivity contribution in [2.75, 3.05) is 19.6 Å². The molecule has 2 aromatic carbocycles. The molecule has 0 atom stereocenters. The Morgan fingerprint density at radius 1 is 0.892 bits per heavy atom. The summed E-state index contributed by atoms with van der Waals surface area (Å²) in [5, 5.41) is 6.01. The highest BCUT2D eigenvalue weighted by Gasteiger charge is 2.30. The molecule has 2 heterocycles. The summed E-state index contributed by atoms with van der Waals surface area (Å²) in [6, 6.07) is 20.9. The summed E-state index contributed by atoms with van der Waals surface area (Å²) < 4.78 is 0. The van der Waals surface area contributed by atoms with Gasteiger partial charge in [0.15, 0.2) is 0 Å². The van der Waals surface area contributed by atoms with Crippen molar-refractivity contribution < 1.29 is 9.59 Å². The first-order valence-corrected chi connectivity index (χ1v) is 14.7. The second kappa shape index (κ2) is 12.5. The number of aromatic nitrogens is 1. The molecule has 1 aliphatic carbocycles. The van der Waals surface area contributed by atoms with Gasteiger partial charge < -0.3 is 10.2 Å². The third-order valence-electron chi connectivity index (χ3n) is 7.99. The van der Waals surface area contributed by atoms with Crippen molar-refractivity contribution in [3.05, 3.63) is 87.9 Å². The second-order valence-electron chi connectivity index (χ2n) is 10.4. The Kier molecular flexibility index (Phi) is 8.67. The van der Waals surface area contributed by atoms with Crippen LogP contribution in [0.4, 0.5) is 0 Å². The van der Waals surface area contributed by atoms with Crippen molar-refractivity contribution in [2.24, 2.45) is 5.92 Å². The molecule has 1 saturated carbocycles. The maximum absolute atomic E-state index is 12.9. The normalized spacial score (nSPS) is 17.2. The van der Waals surface area contributed by atoms with E-state index in [2.05, 4.69) is 58.7 Å². The van der Waals surface area contributed by atoms with Crippen LogP contribution in [0, 0.1) is 5.92 Å². The molecule has 194 valence electrons. The summed E-state index contributed by atoms with van der Waals surface area (Å²) in [4.78, 5) is 32.6. The van der Waals surface area contributed by atoms with Gasteiger partial charge in [-0.1, -0.05) is 79.9 Å². The van der Waals surface area contributed by atoms with E-state index >= 15 is 0 Å². The quantitative estimate of drug-likeness (QED) is 0.379. The van der Waals surface area contributed by atoms with Crippen molar-refractivity contribution in [3.8, 4) is 0 Å². The Hall–Kier alpha value is -2.99. The molecule has 2 aliphatic rings. The van der Waals surface area contributed by atoms with E-state index in [0.29, 0.717) is 24.1 Å². The molecule has 2 amide bonds. The lowest BCUT2D eigenvalue weighted by atomic mass is 9.87. The summed E-state index contributed by atoms with van der Waals surface area (Å²) >= 11 is 1.58. The molecule has 0 unspecified atom stereocenters. The summed E-state index contributed by atoms with van der Waals surface area (Å²) in [5.74, 6) is 1.07. The first kappa shape index (κ1) is 25.7. The average molecular weight is 516 g/mol. The van der Waals surface area contributed by atoms with Gasteiger partial charge in [-0.05, 0) is 43.2 Å². The van der Waals surface area contributed by atoms with Gasteiger partial charge >= 0.3 is 0 Å². The van der Waals surface area contributed by atoms with E-state index in [1.807, 2.05) is 17.5 Å². The zero-order chi connectivity index (χ0) is 25.5. The number of carbonyl (C=O) groups excluding carboxylic acids is 2. The van der Waals surface area contributed by atoms with Crippen LogP contribution in [0.25, 0.3) is 0 Å². The fraction of sp³-hybridized carbons (Fsp3) is 0.452. The highest BCUT2D eigenvalue weighted by atomic mass is 32.1. The monoisotopic (exact) mass is 515 g/mol. The van der Waals surface area contributed by atoms with Gasteiger partial charge in [-0.2, -0.15) is 0 Å². The highest BCUT2D eigenvalue weighted by Crippen LogP contribution is 2.33. The van der Waals surface area contributed by atoms with Crippen LogP contribution in [0.15, 0.2) is 66.0 Å². The van der Waals surface area contributed by atoms with Gasteiger partial charge in [-0.15, -0.1) is 11.3 Å². The third kappa shape index (κ3) is 6.48. The molecule has 1 N–H and O–H groups in total. The smallest absolute Gasteiger partial charge is 0.270 e. The number of nitrogens with one attached hydrogen (secondary N) is 1. The van der Waals surface area contributed by atoms with Crippen molar-refractivity contribution in [2.45, 2.75) is 63.2 Å². The van der Waals surface area contributed by atoms with E-state index in [0.717, 1.165) is 50.2 Å². The number of benzene rings is 2. The number of amides is 2. The lowest BCUT2D eigenvalue weighted by Crippen LogP contribution is -2.41. The minimum absolute atomic E-state index is 0.104. The zero-order valence-corrected chi connectivity index (χ0v) is 22.3. The Bertz CT molecular complexity index is 1110. The van der Waals surface area contributed by atoms with Gasteiger partial charge in [-0.3, -0.25) is 9.59 Å². The van der Waals surface area contributed by atoms with Crippen molar-refractivity contribution in [1.82, 2.24) is 15.2 Å². The van der Waals surface area contributed by atoms with Crippen molar-refractivity contribution in [1.29, 1.82) is 0 Å². The Labute approximate surface area is 224 Å². The average Bonchev–Trinajstić information content (AvgIpc) is 3.47. The molecule has 6 heteroatoms. The molecular weight excluding hydrogens is 478 g/mol. The van der Waals surface area contributed by atoms with Crippen LogP contribution < -0.4 is 5.32 Å². The summed E-state index contributed by atoms with van der Waals surface area (Å²) in [7, 11) is 0. The molecule has 2 fully saturated rings. The minimum atomic E-state index is -0.104. The van der Waals surface area contributed by atoms with Crippen LogP contribution in [-0.4, -0.2) is 41.3 Å². The number of hydrogen-bond donors (Lipinski definition) is 1. The lowest BCUT2D eigenvalue weighted by molar-refractivity contribution is -0.137. The number of carbonyl (C=O) groups is 2. The number of hydrogen-bond acceptors (Lipinski definition) is 4. The predicted octanol–water partition coefficient (Wildman–Crippen LogP) is 6.38. The predicted molar refractivity (Wildman–Crippen MR) is 149 cm³/mol. The van der Waals surface area contributed by atoms with Crippen LogP contribution in [0.2, 0.25) is 0 Å². The molecule has 0 bridgehead atoms. The molecule has 37 heavy (non-hydrogen) atoms. The molecule has 1 saturated heterocycles. The summed E-state index contributed by atoms with van der Waals surface area (Å²) in [5.41, 5.74) is 3.02. The van der Waals surface area contributed by atoms with E-state index in [1.165, 1.54) is 30.4 Å². The summed E-state index contributed by atoms with van der Waals surface area (Å²) in [6.45, 7) is 2.20. The summed E-state index contributed by atoms with van der Waals surface area (Å²) in [6.07, 6.45) is 8.46. The van der Waals surface area contributed by atoms with Crippen LogP contribution in [0.3, 0.4) is 0 Å². The maximum Gasteiger partial charge on any atom is 0.270 e. The third-order valence-corrected chi connectivity index (χ3v) is 8.99. The molecule has 1 aromatic heterocycles. The van der Waals surface area contributed by atoms with Crippen molar-refractivity contribution in [3.63, 3.8) is 0 Å². The molecule has 0 radical (unpaired) electrons. The molecular formula is C31H37N3O2S. The standard InChI is InChI=1S/C31H37N3O2S/c35-29(32-19-16-27(23-10-4-1-5-11-23)24-12-6-2-7-13-24)28-22-37-30(33-28)25-17-20-34(21-18-25)31(36)26-14-8-3-9-15-26/h1-2,4-7,10-13,22,25-27H,3,8-9,14-21H2,(H,32,35). The Balaban J connectivity index is 1.12. The second-order valence-corrected chi connectivity index (χ2v) is 11.3. The SMILES string of the molecule is O=C(NCCC(c1ccccc1)c1ccccc1)c1csc(C2CCN(C(=O)C3CCCCC3)CC2)n1. The number of thiazole rings is 1. The Morgan fingerprint density at radius 3 is 2.14 bits per heavy atom. The largest absolute Gasteiger partial charge is 0.351 e. The topological polar surface area (TPSA) is 62.3 Å². The minimum Gasteiger partial charge on any atom is -0.351 e. The van der Waals surface area contributed by atoms with Crippen LogP contribution in [0.1, 0.15) is 89.8 Å². The number of likely N-dealkylation sites (tertiary alicyclic amines) is 1. The van der Waals surface area contributed by atoms with Gasteiger partial charge in [0.2, 0.25) is 5.91 Å². The van der Waals surface area contributed by atoms with E-state index < -0.39 is 0 Å². The van der Waals surface area contributed by atoms with Gasteiger partial charge in [0.05, 0.1) is 5.01 Å². The van der Waals surface area contributed by atoms with E-state index in [1.54, 1.807) is 11.3 Å². The first-order valence-electron chi connectivity index (χ1n) is 13.8.